The normalized spacial score (nSPS) is 12.1. The summed E-state index contributed by atoms with van der Waals surface area (Å²) < 4.78 is 0. The smallest absolute Gasteiger partial charge is 0.326 e. The number of carboxylic acid groups (broad SMARTS) is 1. The molecule has 2 aromatic rings. The lowest BCUT2D eigenvalue weighted by atomic mass is 10.0. The Balaban J connectivity index is 2.19. The summed E-state index contributed by atoms with van der Waals surface area (Å²) in [4.78, 5) is 22.6. The summed E-state index contributed by atoms with van der Waals surface area (Å²) in [5.74, 6) is -1.27. The molecule has 1 amide bonds. The summed E-state index contributed by atoms with van der Waals surface area (Å²) in [6.45, 7) is 1.70. The van der Waals surface area contributed by atoms with Crippen molar-refractivity contribution in [3.05, 3.63) is 48.0 Å². The molecule has 0 aliphatic carbocycles. The quantitative estimate of drug-likeness (QED) is 0.877. The number of hydrogen-bond acceptors (Lipinski definition) is 2. The van der Waals surface area contributed by atoms with Crippen LogP contribution in [0.2, 0.25) is 0 Å². The number of aliphatic carboxylic acids is 1. The van der Waals surface area contributed by atoms with Gasteiger partial charge < -0.3 is 10.4 Å². The van der Waals surface area contributed by atoms with Crippen LogP contribution in [0.5, 0.6) is 0 Å². The van der Waals surface area contributed by atoms with E-state index in [0.29, 0.717) is 0 Å². The van der Waals surface area contributed by atoms with Gasteiger partial charge in [-0.15, -0.1) is 0 Å². The third-order valence-corrected chi connectivity index (χ3v) is 3.21. The first-order valence-electron chi connectivity index (χ1n) is 6.60. The van der Waals surface area contributed by atoms with Gasteiger partial charge in [-0.05, 0) is 16.3 Å². The zero-order valence-corrected chi connectivity index (χ0v) is 11.3. The summed E-state index contributed by atoms with van der Waals surface area (Å²) >= 11 is 0. The van der Waals surface area contributed by atoms with E-state index in [9.17, 15) is 14.7 Å². The number of amides is 1. The molecule has 1 unspecified atom stereocenters. The fourth-order valence-corrected chi connectivity index (χ4v) is 2.10. The summed E-state index contributed by atoms with van der Waals surface area (Å²) in [6, 6.07) is 12.8. The fourth-order valence-electron chi connectivity index (χ4n) is 2.10. The standard InChI is InChI=1S/C16H17NO3/c1-2-15(18)17-14(16(19)20)10-11-7-8-12-5-3-4-6-13(12)9-11/h3-9,14H,2,10H2,1H3,(H,17,18)(H,19,20). The second-order valence-electron chi connectivity index (χ2n) is 4.70. The summed E-state index contributed by atoms with van der Waals surface area (Å²) in [6.07, 6.45) is 0.563. The van der Waals surface area contributed by atoms with Crippen LogP contribution in [0.15, 0.2) is 42.5 Å². The molecule has 0 heterocycles. The lowest BCUT2D eigenvalue weighted by molar-refractivity contribution is -0.141. The zero-order valence-electron chi connectivity index (χ0n) is 11.3. The highest BCUT2D eigenvalue weighted by molar-refractivity contribution is 5.85. The Labute approximate surface area is 117 Å². The highest BCUT2D eigenvalue weighted by Gasteiger charge is 2.19. The Morgan fingerprint density at radius 3 is 2.50 bits per heavy atom. The number of carboxylic acids is 1. The predicted octanol–water partition coefficient (Wildman–Crippen LogP) is 2.36. The van der Waals surface area contributed by atoms with E-state index in [1.807, 2.05) is 42.5 Å². The minimum absolute atomic E-state index is 0.252. The van der Waals surface area contributed by atoms with Gasteiger partial charge in [-0.2, -0.15) is 0 Å². The van der Waals surface area contributed by atoms with E-state index < -0.39 is 12.0 Å². The Hall–Kier alpha value is -2.36. The Bertz CT molecular complexity index is 636. The van der Waals surface area contributed by atoms with Crippen molar-refractivity contribution >= 4 is 22.6 Å². The lowest BCUT2D eigenvalue weighted by Crippen LogP contribution is -2.42. The monoisotopic (exact) mass is 271 g/mol. The number of carbonyl (C=O) groups is 2. The first-order valence-corrected chi connectivity index (χ1v) is 6.60. The Morgan fingerprint density at radius 1 is 1.15 bits per heavy atom. The Morgan fingerprint density at radius 2 is 1.85 bits per heavy atom. The molecule has 2 rings (SSSR count). The first kappa shape index (κ1) is 14.1. The lowest BCUT2D eigenvalue weighted by Gasteiger charge is -2.14. The van der Waals surface area contributed by atoms with E-state index in [1.165, 1.54) is 0 Å². The summed E-state index contributed by atoms with van der Waals surface area (Å²) in [5.41, 5.74) is 0.896. The molecular weight excluding hydrogens is 254 g/mol. The molecule has 0 spiro atoms. The minimum Gasteiger partial charge on any atom is -0.480 e. The van der Waals surface area contributed by atoms with Gasteiger partial charge in [0.25, 0.3) is 0 Å². The molecule has 20 heavy (non-hydrogen) atoms. The van der Waals surface area contributed by atoms with Gasteiger partial charge in [0.2, 0.25) is 5.91 Å². The van der Waals surface area contributed by atoms with Crippen LogP contribution >= 0.6 is 0 Å². The average Bonchev–Trinajstić information content (AvgIpc) is 2.46. The van der Waals surface area contributed by atoms with Gasteiger partial charge in [0.1, 0.15) is 6.04 Å². The van der Waals surface area contributed by atoms with E-state index in [-0.39, 0.29) is 18.7 Å². The van der Waals surface area contributed by atoms with Crippen molar-refractivity contribution in [3.8, 4) is 0 Å². The number of rotatable bonds is 5. The second-order valence-corrected chi connectivity index (χ2v) is 4.70. The molecule has 4 nitrogen and oxygen atoms in total. The van der Waals surface area contributed by atoms with E-state index in [4.69, 9.17) is 0 Å². The van der Waals surface area contributed by atoms with Crippen molar-refractivity contribution < 1.29 is 14.7 Å². The van der Waals surface area contributed by atoms with E-state index in [0.717, 1.165) is 16.3 Å². The number of hydrogen-bond donors (Lipinski definition) is 2. The van der Waals surface area contributed by atoms with Crippen molar-refractivity contribution in [2.24, 2.45) is 0 Å². The van der Waals surface area contributed by atoms with E-state index in [1.54, 1.807) is 6.92 Å². The van der Waals surface area contributed by atoms with Gasteiger partial charge in [-0.1, -0.05) is 49.4 Å². The Kier molecular flexibility index (Phi) is 4.35. The van der Waals surface area contributed by atoms with E-state index in [2.05, 4.69) is 5.32 Å². The largest absolute Gasteiger partial charge is 0.480 e. The van der Waals surface area contributed by atoms with Gasteiger partial charge in [0.05, 0.1) is 0 Å². The van der Waals surface area contributed by atoms with Crippen LogP contribution in [0.3, 0.4) is 0 Å². The number of carbonyl (C=O) groups excluding carboxylic acids is 1. The molecule has 0 saturated carbocycles. The van der Waals surface area contributed by atoms with Crippen LogP contribution in [0.1, 0.15) is 18.9 Å². The van der Waals surface area contributed by atoms with Gasteiger partial charge in [-0.25, -0.2) is 4.79 Å². The van der Waals surface area contributed by atoms with Crippen molar-refractivity contribution in [1.29, 1.82) is 0 Å². The van der Waals surface area contributed by atoms with E-state index >= 15 is 0 Å². The van der Waals surface area contributed by atoms with Crippen molar-refractivity contribution in [2.45, 2.75) is 25.8 Å². The molecule has 104 valence electrons. The molecule has 0 saturated heterocycles. The molecule has 2 aromatic carbocycles. The summed E-state index contributed by atoms with van der Waals surface area (Å²) in [5, 5.41) is 13.9. The predicted molar refractivity (Wildman–Crippen MR) is 77.5 cm³/mol. The molecule has 4 heteroatoms. The number of nitrogens with one attached hydrogen (secondary N) is 1. The maximum atomic E-state index is 11.4. The molecular formula is C16H17NO3. The van der Waals surface area contributed by atoms with Crippen molar-refractivity contribution in [3.63, 3.8) is 0 Å². The maximum absolute atomic E-state index is 11.4. The van der Waals surface area contributed by atoms with Crippen LogP contribution in [0.25, 0.3) is 10.8 Å². The van der Waals surface area contributed by atoms with Crippen molar-refractivity contribution in [1.82, 2.24) is 5.32 Å². The topological polar surface area (TPSA) is 66.4 Å². The number of fused-ring (bicyclic) bond motifs is 1. The number of benzene rings is 2. The molecule has 0 aliphatic rings. The third-order valence-electron chi connectivity index (χ3n) is 3.21. The molecule has 0 bridgehead atoms. The molecule has 0 radical (unpaired) electrons. The van der Waals surface area contributed by atoms with Gasteiger partial charge in [0.15, 0.2) is 0 Å². The second kappa shape index (κ2) is 6.19. The van der Waals surface area contributed by atoms with Crippen LogP contribution in [-0.4, -0.2) is 23.0 Å². The maximum Gasteiger partial charge on any atom is 0.326 e. The van der Waals surface area contributed by atoms with Crippen molar-refractivity contribution in [2.75, 3.05) is 0 Å². The average molecular weight is 271 g/mol. The molecule has 0 fully saturated rings. The highest BCUT2D eigenvalue weighted by atomic mass is 16.4. The van der Waals surface area contributed by atoms with Gasteiger partial charge in [0, 0.05) is 12.8 Å². The van der Waals surface area contributed by atoms with Gasteiger partial charge >= 0.3 is 5.97 Å². The SMILES string of the molecule is CCC(=O)NC(Cc1ccc2ccccc2c1)C(=O)O. The van der Waals surface area contributed by atoms with Crippen LogP contribution < -0.4 is 5.32 Å². The molecule has 0 aromatic heterocycles. The first-order chi connectivity index (χ1) is 9.60. The van der Waals surface area contributed by atoms with Crippen LogP contribution in [0, 0.1) is 0 Å². The fraction of sp³-hybridized carbons (Fsp3) is 0.250. The molecule has 2 N–H and O–H groups in total. The highest BCUT2D eigenvalue weighted by Crippen LogP contribution is 2.16. The minimum atomic E-state index is -1.01. The van der Waals surface area contributed by atoms with Crippen LogP contribution in [0.4, 0.5) is 0 Å². The summed E-state index contributed by atoms with van der Waals surface area (Å²) in [7, 11) is 0. The third kappa shape index (κ3) is 3.35. The van der Waals surface area contributed by atoms with Crippen LogP contribution in [-0.2, 0) is 16.0 Å². The molecule has 0 aliphatic heterocycles. The molecule has 1 atom stereocenters. The zero-order chi connectivity index (χ0) is 14.5. The van der Waals surface area contributed by atoms with Gasteiger partial charge in [-0.3, -0.25) is 4.79 Å².